The van der Waals surface area contributed by atoms with Gasteiger partial charge in [-0.3, -0.25) is 10.1 Å². The number of nitro groups is 1. The summed E-state index contributed by atoms with van der Waals surface area (Å²) >= 11 is 2.14. The minimum atomic E-state index is -4.63. The average Bonchev–Trinajstić information content (AvgIpc) is 3.17. The van der Waals surface area contributed by atoms with Gasteiger partial charge in [-0.25, -0.2) is 0 Å². The zero-order chi connectivity index (χ0) is 16.6. The van der Waals surface area contributed by atoms with Gasteiger partial charge in [0.15, 0.2) is 4.34 Å². The zero-order valence-electron chi connectivity index (χ0n) is 11.3. The SMILES string of the molecule is O=[N+]([O-])c1cc(C(F)(F)F)ccc1Sc1nnc(NC2CC2)s1. The summed E-state index contributed by atoms with van der Waals surface area (Å²) in [6.45, 7) is 0. The van der Waals surface area contributed by atoms with Crippen molar-refractivity contribution in [1.29, 1.82) is 0 Å². The van der Waals surface area contributed by atoms with Crippen LogP contribution in [0.4, 0.5) is 24.0 Å². The van der Waals surface area contributed by atoms with Crippen LogP contribution in [0.2, 0.25) is 0 Å². The number of alkyl halides is 3. The molecule has 1 aromatic heterocycles. The van der Waals surface area contributed by atoms with Crippen LogP contribution < -0.4 is 5.32 Å². The molecule has 3 rings (SSSR count). The normalized spacial score (nSPS) is 14.7. The molecule has 1 aromatic carbocycles. The van der Waals surface area contributed by atoms with E-state index in [2.05, 4.69) is 15.5 Å². The Morgan fingerprint density at radius 2 is 2.09 bits per heavy atom. The fourth-order valence-electron chi connectivity index (χ4n) is 1.73. The maximum Gasteiger partial charge on any atom is 0.416 e. The van der Waals surface area contributed by atoms with Crippen LogP contribution in [0.15, 0.2) is 27.4 Å². The maximum absolute atomic E-state index is 12.7. The number of nitrogens with one attached hydrogen (secondary N) is 1. The Balaban J connectivity index is 1.83. The third-order valence-electron chi connectivity index (χ3n) is 2.99. The fraction of sp³-hybridized carbons (Fsp3) is 0.333. The van der Waals surface area contributed by atoms with Crippen molar-refractivity contribution in [2.45, 2.75) is 34.3 Å². The van der Waals surface area contributed by atoms with Crippen LogP contribution in [0.25, 0.3) is 0 Å². The monoisotopic (exact) mass is 362 g/mol. The highest BCUT2D eigenvalue weighted by Crippen LogP contribution is 2.40. The van der Waals surface area contributed by atoms with E-state index in [1.165, 1.54) is 11.3 Å². The predicted octanol–water partition coefficient (Wildman–Crippen LogP) is 4.19. The van der Waals surface area contributed by atoms with Crippen LogP contribution in [0.5, 0.6) is 0 Å². The summed E-state index contributed by atoms with van der Waals surface area (Å²) in [6, 6.07) is 2.83. The number of halogens is 3. The van der Waals surface area contributed by atoms with Gasteiger partial charge in [-0.15, -0.1) is 10.2 Å². The number of nitro benzene ring substituents is 1. The molecule has 0 spiro atoms. The van der Waals surface area contributed by atoms with Crippen LogP contribution in [-0.4, -0.2) is 21.2 Å². The number of hydrogen-bond donors (Lipinski definition) is 1. The molecule has 0 amide bonds. The van der Waals surface area contributed by atoms with Crippen molar-refractivity contribution in [1.82, 2.24) is 10.2 Å². The summed E-state index contributed by atoms with van der Waals surface area (Å²) in [5.41, 5.74) is -1.65. The number of hydrogen-bond acceptors (Lipinski definition) is 7. The minimum Gasteiger partial charge on any atom is -0.357 e. The molecule has 0 radical (unpaired) electrons. The van der Waals surface area contributed by atoms with Gasteiger partial charge in [0.05, 0.1) is 15.4 Å². The average molecular weight is 362 g/mol. The molecule has 1 saturated carbocycles. The smallest absolute Gasteiger partial charge is 0.357 e. The highest BCUT2D eigenvalue weighted by molar-refractivity contribution is 8.01. The van der Waals surface area contributed by atoms with Crippen molar-refractivity contribution >= 4 is 33.9 Å². The molecule has 0 unspecified atom stereocenters. The van der Waals surface area contributed by atoms with Crippen molar-refractivity contribution in [3.63, 3.8) is 0 Å². The van der Waals surface area contributed by atoms with Gasteiger partial charge in [0.25, 0.3) is 5.69 Å². The first-order valence-electron chi connectivity index (χ1n) is 6.46. The first kappa shape index (κ1) is 16.0. The minimum absolute atomic E-state index is 0.0946. The van der Waals surface area contributed by atoms with Crippen LogP contribution in [0.3, 0.4) is 0 Å². The Bertz CT molecular complexity index is 746. The largest absolute Gasteiger partial charge is 0.416 e. The summed E-state index contributed by atoms with van der Waals surface area (Å²) in [6.07, 6.45) is -2.50. The van der Waals surface area contributed by atoms with Crippen molar-refractivity contribution in [2.24, 2.45) is 0 Å². The topological polar surface area (TPSA) is 81.0 Å². The molecule has 1 heterocycles. The van der Waals surface area contributed by atoms with Gasteiger partial charge in [-0.05, 0) is 36.7 Å². The fourth-order valence-corrected chi connectivity index (χ4v) is 3.60. The van der Waals surface area contributed by atoms with Gasteiger partial charge in [0.1, 0.15) is 0 Å². The Hall–Kier alpha value is -1.88. The highest BCUT2D eigenvalue weighted by atomic mass is 32.2. The van der Waals surface area contributed by atoms with Crippen molar-refractivity contribution in [3.8, 4) is 0 Å². The molecular formula is C12H9F3N4O2S2. The summed E-state index contributed by atoms with van der Waals surface area (Å²) in [5, 5.41) is 22.6. The van der Waals surface area contributed by atoms with Crippen LogP contribution in [0, 0.1) is 10.1 Å². The van der Waals surface area contributed by atoms with E-state index in [-0.39, 0.29) is 4.90 Å². The van der Waals surface area contributed by atoms with Crippen LogP contribution in [0.1, 0.15) is 18.4 Å². The molecular weight excluding hydrogens is 353 g/mol. The molecule has 0 bridgehead atoms. The lowest BCUT2D eigenvalue weighted by atomic mass is 10.2. The van der Waals surface area contributed by atoms with Gasteiger partial charge in [0.2, 0.25) is 5.13 Å². The molecule has 1 aliphatic carbocycles. The third-order valence-corrected chi connectivity index (χ3v) is 4.96. The second-order valence-electron chi connectivity index (χ2n) is 4.83. The second-order valence-corrected chi connectivity index (χ2v) is 7.10. The molecule has 6 nitrogen and oxygen atoms in total. The summed E-state index contributed by atoms with van der Waals surface area (Å²) < 4.78 is 38.4. The Morgan fingerprint density at radius 1 is 1.35 bits per heavy atom. The molecule has 1 fully saturated rings. The maximum atomic E-state index is 12.7. The lowest BCUT2D eigenvalue weighted by Crippen LogP contribution is -2.05. The lowest BCUT2D eigenvalue weighted by molar-refractivity contribution is -0.388. The Labute approximate surface area is 136 Å². The molecule has 2 aromatic rings. The molecule has 23 heavy (non-hydrogen) atoms. The standard InChI is InChI=1S/C12H9F3N4O2S2/c13-12(14,15)6-1-4-9(8(5-6)19(20)21)22-11-18-17-10(23-11)16-7-2-3-7/h1,4-5,7H,2-3H2,(H,16,17). The number of anilines is 1. The first-order chi connectivity index (χ1) is 10.8. The van der Waals surface area contributed by atoms with Gasteiger partial charge in [0, 0.05) is 12.1 Å². The number of benzene rings is 1. The summed E-state index contributed by atoms with van der Waals surface area (Å²) in [5.74, 6) is 0. The van der Waals surface area contributed by atoms with E-state index in [4.69, 9.17) is 0 Å². The molecule has 0 aliphatic heterocycles. The zero-order valence-corrected chi connectivity index (χ0v) is 13.0. The van der Waals surface area contributed by atoms with E-state index in [1.54, 1.807) is 0 Å². The van der Waals surface area contributed by atoms with Gasteiger partial charge in [-0.2, -0.15) is 13.2 Å². The highest BCUT2D eigenvalue weighted by Gasteiger charge is 2.33. The van der Waals surface area contributed by atoms with Gasteiger partial charge < -0.3 is 5.32 Å². The lowest BCUT2D eigenvalue weighted by Gasteiger charge is -2.07. The van der Waals surface area contributed by atoms with Crippen molar-refractivity contribution in [2.75, 3.05) is 5.32 Å². The molecule has 0 atom stereocenters. The molecule has 0 saturated heterocycles. The molecule has 1 aliphatic rings. The first-order valence-corrected chi connectivity index (χ1v) is 8.10. The Morgan fingerprint density at radius 3 is 2.70 bits per heavy atom. The van der Waals surface area contributed by atoms with E-state index < -0.39 is 22.4 Å². The van der Waals surface area contributed by atoms with E-state index in [0.29, 0.717) is 21.6 Å². The predicted molar refractivity (Wildman–Crippen MR) is 78.8 cm³/mol. The molecule has 11 heteroatoms. The van der Waals surface area contributed by atoms with Crippen LogP contribution in [-0.2, 0) is 6.18 Å². The van der Waals surface area contributed by atoms with E-state index in [0.717, 1.165) is 36.7 Å². The van der Waals surface area contributed by atoms with Crippen LogP contribution >= 0.6 is 23.1 Å². The third kappa shape index (κ3) is 3.91. The second kappa shape index (κ2) is 5.96. The number of nitrogens with zero attached hydrogens (tertiary/aromatic N) is 3. The van der Waals surface area contributed by atoms with Crippen molar-refractivity contribution in [3.05, 3.63) is 33.9 Å². The summed E-state index contributed by atoms with van der Waals surface area (Å²) in [7, 11) is 0. The van der Waals surface area contributed by atoms with Gasteiger partial charge >= 0.3 is 6.18 Å². The molecule has 122 valence electrons. The van der Waals surface area contributed by atoms with Crippen molar-refractivity contribution < 1.29 is 18.1 Å². The van der Waals surface area contributed by atoms with E-state index in [9.17, 15) is 23.3 Å². The van der Waals surface area contributed by atoms with E-state index >= 15 is 0 Å². The molecule has 1 N–H and O–H groups in total. The number of aromatic nitrogens is 2. The van der Waals surface area contributed by atoms with E-state index in [1.807, 2.05) is 0 Å². The van der Waals surface area contributed by atoms with Gasteiger partial charge in [-0.1, -0.05) is 11.3 Å². The number of rotatable bonds is 5. The quantitative estimate of drug-likeness (QED) is 0.634. The summed E-state index contributed by atoms with van der Waals surface area (Å²) in [4.78, 5) is 10.3. The Kier molecular flexibility index (Phi) is 4.15.